The molecule has 0 spiro atoms. The van der Waals surface area contributed by atoms with Crippen LogP contribution in [0.4, 0.5) is 10.2 Å². The predicted octanol–water partition coefficient (Wildman–Crippen LogP) is 2.46. The normalized spacial score (nSPS) is 21.1. The first kappa shape index (κ1) is 21.6. The summed E-state index contributed by atoms with van der Waals surface area (Å²) < 4.78 is 16.0. The molecule has 1 unspecified atom stereocenters. The van der Waals surface area contributed by atoms with Crippen molar-refractivity contribution < 1.29 is 9.50 Å². The van der Waals surface area contributed by atoms with Gasteiger partial charge in [0.2, 0.25) is 0 Å². The number of halogens is 3. The van der Waals surface area contributed by atoms with Crippen molar-refractivity contribution in [3.8, 4) is 22.9 Å². The minimum atomic E-state index is -0.737. The molecule has 2 aliphatic rings. The molecule has 168 valence electrons. The number of aliphatic hydroxyl groups is 1. The number of aliphatic hydroxyl groups excluding tert-OH is 1. The summed E-state index contributed by atoms with van der Waals surface area (Å²) in [6.45, 7) is 0.500. The second-order valence-corrected chi connectivity index (χ2v) is 8.92. The first-order chi connectivity index (χ1) is 15.8. The van der Waals surface area contributed by atoms with Crippen LogP contribution in [0.5, 0.6) is 0 Å². The molecular weight excluding hydrogens is 472 g/mol. The highest BCUT2D eigenvalue weighted by Crippen LogP contribution is 2.47. The third-order valence-corrected chi connectivity index (χ3v) is 6.65. The van der Waals surface area contributed by atoms with E-state index in [0.29, 0.717) is 13.1 Å². The summed E-state index contributed by atoms with van der Waals surface area (Å²) in [5.41, 5.74) is -0.916. The highest BCUT2D eigenvalue weighted by atomic mass is 35.5. The van der Waals surface area contributed by atoms with Gasteiger partial charge in [0.15, 0.2) is 0 Å². The van der Waals surface area contributed by atoms with Gasteiger partial charge in [-0.1, -0.05) is 29.3 Å². The average Bonchev–Trinajstić information content (AvgIpc) is 3.17. The number of piperidine rings is 1. The van der Waals surface area contributed by atoms with E-state index in [1.54, 1.807) is 0 Å². The van der Waals surface area contributed by atoms with Crippen LogP contribution in [0.25, 0.3) is 16.8 Å². The van der Waals surface area contributed by atoms with Gasteiger partial charge in [-0.3, -0.25) is 14.3 Å². The monoisotopic (exact) mass is 487 g/mol. The number of pyridine rings is 1. The highest BCUT2D eigenvalue weighted by Gasteiger charge is 2.56. The fraction of sp³-hybridized carbons (Fsp3) is 0.273. The molecule has 1 aromatic carbocycles. The van der Waals surface area contributed by atoms with Crippen molar-refractivity contribution in [1.82, 2.24) is 14.1 Å². The topological polar surface area (TPSA) is 104 Å². The number of rotatable bonds is 4. The Morgan fingerprint density at radius 2 is 1.91 bits per heavy atom. The summed E-state index contributed by atoms with van der Waals surface area (Å²) in [5, 5.41) is 19.5. The molecule has 1 N–H and O–H groups in total. The van der Waals surface area contributed by atoms with Crippen LogP contribution in [0.1, 0.15) is 0 Å². The lowest BCUT2D eigenvalue weighted by molar-refractivity contribution is 0.241. The fourth-order valence-corrected chi connectivity index (χ4v) is 4.85. The molecule has 0 amide bonds. The minimum absolute atomic E-state index is 0.0276. The maximum atomic E-state index is 13.9. The molecular formula is C22H16Cl2FN5O3. The molecule has 1 saturated heterocycles. The van der Waals surface area contributed by atoms with Crippen molar-refractivity contribution in [2.75, 3.05) is 18.0 Å². The number of fused-ring (bicyclic) bond motifs is 1. The lowest BCUT2D eigenvalue weighted by Crippen LogP contribution is -2.43. The zero-order chi connectivity index (χ0) is 23.4. The molecule has 8 nitrogen and oxygen atoms in total. The standard InChI is InChI=1S/C22H16Cl2FN5O3/c23-12-6-13(8-27-7-12)30-21(32)18(11-1-2-17(25)16(24)5-11)20(29(4-3-26)22(30)33)28-9-14-15(10-28)19(14)31/h1-2,5-8,14-15,19,31H,4,9-10H2/t14-,15+,19?. The number of nitrogens with zero attached hydrogens (tertiary/aromatic N) is 5. The number of benzene rings is 1. The Morgan fingerprint density at radius 3 is 2.55 bits per heavy atom. The zero-order valence-electron chi connectivity index (χ0n) is 17.0. The number of nitriles is 1. The van der Waals surface area contributed by atoms with Gasteiger partial charge in [-0.15, -0.1) is 0 Å². The molecule has 3 atom stereocenters. The lowest BCUT2D eigenvalue weighted by Gasteiger charge is -2.27. The zero-order valence-corrected chi connectivity index (χ0v) is 18.5. The molecule has 11 heteroatoms. The van der Waals surface area contributed by atoms with Gasteiger partial charge in [-0.2, -0.15) is 5.26 Å². The van der Waals surface area contributed by atoms with Gasteiger partial charge >= 0.3 is 5.69 Å². The van der Waals surface area contributed by atoms with Crippen LogP contribution in [-0.4, -0.2) is 38.4 Å². The van der Waals surface area contributed by atoms with Gasteiger partial charge in [0.1, 0.15) is 18.2 Å². The SMILES string of the molecule is N#CCn1c(N2C[C@@H]3C(O)[C@@H]3C2)c(-c2ccc(F)c(Cl)c2)c(=O)n(-c2cncc(Cl)c2)c1=O. The molecule has 33 heavy (non-hydrogen) atoms. The first-order valence-corrected chi connectivity index (χ1v) is 10.8. The summed E-state index contributed by atoms with van der Waals surface area (Å²) in [5.74, 6) is -0.364. The minimum Gasteiger partial charge on any atom is -0.392 e. The van der Waals surface area contributed by atoms with E-state index in [1.807, 2.05) is 11.0 Å². The van der Waals surface area contributed by atoms with Crippen LogP contribution < -0.4 is 16.1 Å². The third-order valence-electron chi connectivity index (χ3n) is 6.15. The number of anilines is 1. The summed E-state index contributed by atoms with van der Waals surface area (Å²) in [6, 6.07) is 7.23. The summed E-state index contributed by atoms with van der Waals surface area (Å²) in [7, 11) is 0. The van der Waals surface area contributed by atoms with E-state index in [0.717, 1.165) is 10.6 Å². The number of hydrogen-bond donors (Lipinski definition) is 1. The Balaban J connectivity index is 1.84. The Labute approximate surface area is 196 Å². The van der Waals surface area contributed by atoms with E-state index in [4.69, 9.17) is 23.2 Å². The fourth-order valence-electron chi connectivity index (χ4n) is 4.51. The molecule has 2 fully saturated rings. The molecule has 2 aromatic heterocycles. The van der Waals surface area contributed by atoms with Gasteiger partial charge in [-0.05, 0) is 23.8 Å². The largest absolute Gasteiger partial charge is 0.392 e. The van der Waals surface area contributed by atoms with E-state index < -0.39 is 23.2 Å². The highest BCUT2D eigenvalue weighted by molar-refractivity contribution is 6.31. The Kier molecular flexibility index (Phi) is 5.24. The van der Waals surface area contributed by atoms with Crippen molar-refractivity contribution in [2.24, 2.45) is 11.8 Å². The second-order valence-electron chi connectivity index (χ2n) is 8.08. The molecule has 1 saturated carbocycles. The quantitative estimate of drug-likeness (QED) is 0.605. The van der Waals surface area contributed by atoms with Crippen LogP contribution >= 0.6 is 23.2 Å². The maximum absolute atomic E-state index is 13.9. The van der Waals surface area contributed by atoms with Crippen LogP contribution in [-0.2, 0) is 6.54 Å². The second kappa shape index (κ2) is 7.99. The molecule has 1 aliphatic heterocycles. The van der Waals surface area contributed by atoms with E-state index in [1.165, 1.54) is 35.2 Å². The van der Waals surface area contributed by atoms with Crippen molar-refractivity contribution >= 4 is 29.0 Å². The van der Waals surface area contributed by atoms with Crippen molar-refractivity contribution in [3.05, 3.63) is 73.4 Å². The van der Waals surface area contributed by atoms with Crippen LogP contribution in [0.15, 0.2) is 46.2 Å². The van der Waals surface area contributed by atoms with Crippen molar-refractivity contribution in [3.63, 3.8) is 0 Å². The van der Waals surface area contributed by atoms with Gasteiger partial charge in [-0.25, -0.2) is 13.8 Å². The first-order valence-electron chi connectivity index (χ1n) is 10.1. The Morgan fingerprint density at radius 1 is 1.18 bits per heavy atom. The van der Waals surface area contributed by atoms with Gasteiger partial charge in [0.05, 0.1) is 39.7 Å². The van der Waals surface area contributed by atoms with Gasteiger partial charge in [0.25, 0.3) is 5.56 Å². The van der Waals surface area contributed by atoms with Gasteiger partial charge in [0, 0.05) is 31.1 Å². The van der Waals surface area contributed by atoms with Crippen LogP contribution in [0, 0.1) is 29.0 Å². The third kappa shape index (κ3) is 3.51. The Bertz CT molecular complexity index is 1440. The maximum Gasteiger partial charge on any atom is 0.338 e. The van der Waals surface area contributed by atoms with E-state index in [2.05, 4.69) is 4.98 Å². The van der Waals surface area contributed by atoms with Crippen LogP contribution in [0.2, 0.25) is 10.0 Å². The molecule has 3 heterocycles. The Hall–Kier alpha value is -3.19. The number of aromatic nitrogens is 3. The molecule has 5 rings (SSSR count). The molecule has 0 radical (unpaired) electrons. The van der Waals surface area contributed by atoms with Crippen LogP contribution in [0.3, 0.4) is 0 Å². The predicted molar refractivity (Wildman–Crippen MR) is 120 cm³/mol. The van der Waals surface area contributed by atoms with Gasteiger partial charge < -0.3 is 10.0 Å². The summed E-state index contributed by atoms with van der Waals surface area (Å²) in [4.78, 5) is 33.0. The molecule has 0 bridgehead atoms. The van der Waals surface area contributed by atoms with E-state index in [9.17, 15) is 24.3 Å². The molecule has 3 aromatic rings. The average molecular weight is 488 g/mol. The van der Waals surface area contributed by atoms with Crippen molar-refractivity contribution in [2.45, 2.75) is 12.6 Å². The lowest BCUT2D eigenvalue weighted by atomic mass is 10.1. The molecule has 1 aliphatic carbocycles. The summed E-state index contributed by atoms with van der Waals surface area (Å²) in [6.07, 6.45) is 2.26. The van der Waals surface area contributed by atoms with E-state index in [-0.39, 0.29) is 51.1 Å². The van der Waals surface area contributed by atoms with E-state index >= 15 is 0 Å². The van der Waals surface area contributed by atoms with Crippen molar-refractivity contribution in [1.29, 1.82) is 5.26 Å². The summed E-state index contributed by atoms with van der Waals surface area (Å²) >= 11 is 12.0. The smallest absolute Gasteiger partial charge is 0.338 e. The number of hydrogen-bond acceptors (Lipinski definition) is 6.